The lowest BCUT2D eigenvalue weighted by molar-refractivity contribution is -0.171. The van der Waals surface area contributed by atoms with E-state index in [1.54, 1.807) is 0 Å². The van der Waals surface area contributed by atoms with Crippen LogP contribution in [0.2, 0.25) is 0 Å². The van der Waals surface area contributed by atoms with Crippen molar-refractivity contribution in [1.29, 1.82) is 0 Å². The molecular weight excluding hydrogens is 216 g/mol. The lowest BCUT2D eigenvalue weighted by Crippen LogP contribution is -2.50. The Morgan fingerprint density at radius 2 is 1.53 bits per heavy atom. The number of ether oxygens (including phenoxy) is 1. The molecule has 0 spiro atoms. The fourth-order valence-electron chi connectivity index (χ4n) is 4.46. The number of rotatable bonds is 3. The SMILES string of the molecule is CC(=O)CC(=O)OC1C2CC3CC(C2)CC1C3. The van der Waals surface area contributed by atoms with Gasteiger partial charge in [-0.05, 0) is 62.7 Å². The molecule has 0 atom stereocenters. The summed E-state index contributed by atoms with van der Waals surface area (Å²) in [4.78, 5) is 22.5. The molecule has 4 bridgehead atoms. The third-order valence-corrected chi connectivity index (χ3v) is 4.80. The van der Waals surface area contributed by atoms with E-state index in [1.807, 2.05) is 0 Å². The number of carbonyl (C=O) groups is 2. The fourth-order valence-corrected chi connectivity index (χ4v) is 4.46. The van der Waals surface area contributed by atoms with Gasteiger partial charge in [-0.1, -0.05) is 0 Å². The first-order valence-corrected chi connectivity index (χ1v) is 6.80. The van der Waals surface area contributed by atoms with Crippen molar-refractivity contribution < 1.29 is 14.3 Å². The zero-order valence-electron chi connectivity index (χ0n) is 10.4. The lowest BCUT2D eigenvalue weighted by atomic mass is 9.55. The van der Waals surface area contributed by atoms with E-state index in [-0.39, 0.29) is 24.3 Å². The van der Waals surface area contributed by atoms with Crippen LogP contribution in [-0.2, 0) is 14.3 Å². The highest BCUT2D eigenvalue weighted by atomic mass is 16.5. The topological polar surface area (TPSA) is 43.4 Å². The number of esters is 1. The summed E-state index contributed by atoms with van der Waals surface area (Å²) in [5.41, 5.74) is 0. The van der Waals surface area contributed by atoms with E-state index in [9.17, 15) is 9.59 Å². The van der Waals surface area contributed by atoms with Crippen LogP contribution in [0.5, 0.6) is 0 Å². The van der Waals surface area contributed by atoms with Crippen molar-refractivity contribution in [3.05, 3.63) is 0 Å². The molecule has 0 radical (unpaired) electrons. The highest BCUT2D eigenvalue weighted by Gasteiger charge is 2.49. The van der Waals surface area contributed by atoms with Crippen LogP contribution in [0.15, 0.2) is 0 Å². The van der Waals surface area contributed by atoms with Crippen molar-refractivity contribution in [3.63, 3.8) is 0 Å². The molecule has 4 rings (SSSR count). The molecule has 0 aromatic heterocycles. The van der Waals surface area contributed by atoms with Crippen molar-refractivity contribution in [1.82, 2.24) is 0 Å². The zero-order valence-corrected chi connectivity index (χ0v) is 10.4. The normalized spacial score (nSPS) is 42.5. The van der Waals surface area contributed by atoms with Crippen molar-refractivity contribution in [2.24, 2.45) is 23.7 Å². The highest BCUT2D eigenvalue weighted by molar-refractivity contribution is 5.94. The molecule has 3 nitrogen and oxygen atoms in total. The number of ketones is 1. The maximum absolute atomic E-state index is 11.6. The Morgan fingerprint density at radius 3 is 2.00 bits per heavy atom. The first-order valence-electron chi connectivity index (χ1n) is 6.80. The summed E-state index contributed by atoms with van der Waals surface area (Å²) in [6.07, 6.45) is 6.44. The van der Waals surface area contributed by atoms with Gasteiger partial charge in [0.05, 0.1) is 0 Å². The predicted octanol–water partition coefficient (Wildman–Crippen LogP) is 2.33. The summed E-state index contributed by atoms with van der Waals surface area (Å²) in [5, 5.41) is 0. The molecule has 0 saturated heterocycles. The molecule has 4 aliphatic rings. The number of carbonyl (C=O) groups excluding carboxylic acids is 2. The van der Waals surface area contributed by atoms with Crippen molar-refractivity contribution >= 4 is 11.8 Å². The van der Waals surface area contributed by atoms with E-state index >= 15 is 0 Å². The van der Waals surface area contributed by atoms with E-state index in [0.29, 0.717) is 11.8 Å². The van der Waals surface area contributed by atoms with E-state index in [4.69, 9.17) is 4.74 Å². The van der Waals surface area contributed by atoms with Crippen LogP contribution in [-0.4, -0.2) is 17.9 Å². The Bertz CT molecular complexity index is 319. The average Bonchev–Trinajstić information content (AvgIpc) is 2.21. The van der Waals surface area contributed by atoms with E-state index in [1.165, 1.54) is 39.0 Å². The standard InChI is InChI=1S/C14H20O3/c1-8(15)2-13(16)17-14-11-4-9-3-10(6-11)7-12(14)5-9/h9-12,14H,2-7H2,1H3. The third kappa shape index (κ3) is 2.12. The molecule has 94 valence electrons. The molecule has 4 aliphatic carbocycles. The maximum Gasteiger partial charge on any atom is 0.313 e. The Kier molecular flexibility index (Phi) is 2.72. The highest BCUT2D eigenvalue weighted by Crippen LogP contribution is 2.54. The van der Waals surface area contributed by atoms with Gasteiger partial charge < -0.3 is 4.74 Å². The van der Waals surface area contributed by atoms with Gasteiger partial charge in [-0.25, -0.2) is 0 Å². The number of hydrogen-bond donors (Lipinski definition) is 0. The molecule has 0 unspecified atom stereocenters. The maximum atomic E-state index is 11.6. The van der Waals surface area contributed by atoms with Gasteiger partial charge in [0.15, 0.2) is 0 Å². The third-order valence-electron chi connectivity index (χ3n) is 4.80. The van der Waals surface area contributed by atoms with Gasteiger partial charge in [0.25, 0.3) is 0 Å². The molecule has 4 fully saturated rings. The van der Waals surface area contributed by atoms with Crippen LogP contribution >= 0.6 is 0 Å². The molecule has 4 saturated carbocycles. The second kappa shape index (κ2) is 4.11. The van der Waals surface area contributed by atoms with E-state index in [0.717, 1.165) is 11.8 Å². The predicted molar refractivity (Wildman–Crippen MR) is 62.2 cm³/mol. The summed E-state index contributed by atoms with van der Waals surface area (Å²) in [6, 6.07) is 0. The Morgan fingerprint density at radius 1 is 1.00 bits per heavy atom. The van der Waals surface area contributed by atoms with Gasteiger partial charge >= 0.3 is 5.97 Å². The second-order valence-electron chi connectivity index (χ2n) is 6.26. The van der Waals surface area contributed by atoms with Crippen LogP contribution in [0.3, 0.4) is 0 Å². The van der Waals surface area contributed by atoms with Gasteiger partial charge in [-0.3, -0.25) is 9.59 Å². The van der Waals surface area contributed by atoms with Crippen molar-refractivity contribution in [2.45, 2.75) is 51.6 Å². The summed E-state index contributed by atoms with van der Waals surface area (Å²) >= 11 is 0. The lowest BCUT2D eigenvalue weighted by Gasteiger charge is -2.53. The van der Waals surface area contributed by atoms with Gasteiger partial charge in [0.2, 0.25) is 0 Å². The average molecular weight is 236 g/mol. The van der Waals surface area contributed by atoms with Crippen LogP contribution in [0.25, 0.3) is 0 Å². The van der Waals surface area contributed by atoms with Gasteiger partial charge in [0, 0.05) is 0 Å². The second-order valence-corrected chi connectivity index (χ2v) is 6.26. The molecule has 0 aromatic carbocycles. The summed E-state index contributed by atoms with van der Waals surface area (Å²) in [7, 11) is 0. The fraction of sp³-hybridized carbons (Fsp3) is 0.857. The summed E-state index contributed by atoms with van der Waals surface area (Å²) in [5.74, 6) is 2.54. The van der Waals surface area contributed by atoms with Crippen LogP contribution in [0.4, 0.5) is 0 Å². The van der Waals surface area contributed by atoms with Crippen molar-refractivity contribution in [2.75, 3.05) is 0 Å². The number of Topliss-reactive ketones (excluding diaryl/α,β-unsaturated/α-hetero) is 1. The molecule has 0 aromatic rings. The van der Waals surface area contributed by atoms with Gasteiger partial charge in [-0.2, -0.15) is 0 Å². The van der Waals surface area contributed by atoms with Crippen molar-refractivity contribution in [3.8, 4) is 0 Å². The van der Waals surface area contributed by atoms with Crippen LogP contribution in [0, 0.1) is 23.7 Å². The quantitative estimate of drug-likeness (QED) is 0.558. The summed E-state index contributed by atoms with van der Waals surface area (Å²) in [6.45, 7) is 1.44. The molecule has 3 heteroatoms. The number of hydrogen-bond acceptors (Lipinski definition) is 3. The Balaban J connectivity index is 1.64. The Hall–Kier alpha value is -0.860. The first-order chi connectivity index (χ1) is 8.11. The Labute approximate surface area is 102 Å². The first kappa shape index (κ1) is 11.2. The molecule has 17 heavy (non-hydrogen) atoms. The van der Waals surface area contributed by atoms with E-state index < -0.39 is 0 Å². The minimum absolute atomic E-state index is 0.0528. The minimum atomic E-state index is -0.310. The summed E-state index contributed by atoms with van der Waals surface area (Å²) < 4.78 is 5.58. The largest absolute Gasteiger partial charge is 0.461 e. The molecule has 0 amide bonds. The van der Waals surface area contributed by atoms with Gasteiger partial charge in [0.1, 0.15) is 18.3 Å². The molecule has 0 N–H and O–H groups in total. The molecule has 0 aliphatic heterocycles. The molecular formula is C14H20O3. The van der Waals surface area contributed by atoms with E-state index in [2.05, 4.69) is 0 Å². The van der Waals surface area contributed by atoms with Gasteiger partial charge in [-0.15, -0.1) is 0 Å². The zero-order chi connectivity index (χ0) is 12.0. The monoisotopic (exact) mass is 236 g/mol. The van der Waals surface area contributed by atoms with Crippen LogP contribution in [0.1, 0.15) is 45.4 Å². The molecule has 0 heterocycles. The minimum Gasteiger partial charge on any atom is -0.461 e. The smallest absolute Gasteiger partial charge is 0.313 e. The van der Waals surface area contributed by atoms with Crippen LogP contribution < -0.4 is 0 Å².